The fourth-order valence-electron chi connectivity index (χ4n) is 3.48. The number of carbonyl (C=O) groups is 1. The molecule has 1 saturated heterocycles. The van der Waals surface area contributed by atoms with E-state index in [-0.39, 0.29) is 18.4 Å². The normalized spacial score (nSPS) is 17.3. The second kappa shape index (κ2) is 8.96. The molecule has 1 N–H and O–H groups in total. The second-order valence-electron chi connectivity index (χ2n) is 7.47. The van der Waals surface area contributed by atoms with E-state index in [0.29, 0.717) is 36.7 Å². The van der Waals surface area contributed by atoms with Crippen LogP contribution in [0.5, 0.6) is 5.75 Å². The van der Waals surface area contributed by atoms with Crippen molar-refractivity contribution >= 4 is 15.9 Å². The van der Waals surface area contributed by atoms with Crippen molar-refractivity contribution in [2.45, 2.75) is 33.3 Å². The molecule has 158 valence electrons. The molecule has 1 aromatic carbocycles. The average Bonchev–Trinajstić information content (AvgIpc) is 3.02. The highest BCUT2D eigenvalue weighted by Crippen LogP contribution is 2.25. The Bertz CT molecular complexity index is 951. The van der Waals surface area contributed by atoms with Gasteiger partial charge in [-0.3, -0.25) is 4.79 Å². The molecule has 2 heterocycles. The number of piperidine rings is 1. The topological polar surface area (TPSA) is 102 Å². The number of para-hydroxylation sites is 1. The Balaban J connectivity index is 1.69. The molecule has 0 saturated carbocycles. The minimum absolute atomic E-state index is 0.0952. The Morgan fingerprint density at radius 2 is 2.10 bits per heavy atom. The Morgan fingerprint density at radius 1 is 1.34 bits per heavy atom. The summed E-state index contributed by atoms with van der Waals surface area (Å²) >= 11 is 0. The van der Waals surface area contributed by atoms with Gasteiger partial charge in [-0.25, -0.2) is 13.1 Å². The SMILES string of the molecule is Cc1noc(C)c1COc1ccccc1C(=O)N1CCC[C@H](CNS(C)(=O)=O)C1. The fraction of sp³-hybridized carbons (Fsp3) is 0.500. The number of likely N-dealkylation sites (tertiary alicyclic amines) is 1. The number of hydrogen-bond donors (Lipinski definition) is 1. The number of carbonyl (C=O) groups excluding carboxylic acids is 1. The summed E-state index contributed by atoms with van der Waals surface area (Å²) in [6.07, 6.45) is 2.87. The van der Waals surface area contributed by atoms with E-state index in [9.17, 15) is 13.2 Å². The number of rotatable bonds is 7. The van der Waals surface area contributed by atoms with Crippen LogP contribution in [0.15, 0.2) is 28.8 Å². The molecule has 0 radical (unpaired) electrons. The maximum atomic E-state index is 13.1. The van der Waals surface area contributed by atoms with Gasteiger partial charge in [0.25, 0.3) is 5.91 Å². The van der Waals surface area contributed by atoms with Crippen LogP contribution in [-0.4, -0.2) is 50.3 Å². The zero-order valence-corrected chi connectivity index (χ0v) is 17.8. The molecule has 0 unspecified atom stereocenters. The number of ether oxygens (including phenoxy) is 1. The Kier molecular flexibility index (Phi) is 6.59. The average molecular weight is 422 g/mol. The Labute approximate surface area is 171 Å². The van der Waals surface area contributed by atoms with E-state index >= 15 is 0 Å². The van der Waals surface area contributed by atoms with Crippen molar-refractivity contribution in [2.75, 3.05) is 25.9 Å². The van der Waals surface area contributed by atoms with E-state index in [4.69, 9.17) is 9.26 Å². The molecule has 29 heavy (non-hydrogen) atoms. The van der Waals surface area contributed by atoms with E-state index in [1.165, 1.54) is 0 Å². The minimum Gasteiger partial charge on any atom is -0.488 e. The number of aryl methyl sites for hydroxylation is 2. The first kappa shape index (κ1) is 21.3. The molecule has 0 spiro atoms. The largest absolute Gasteiger partial charge is 0.488 e. The maximum absolute atomic E-state index is 13.1. The van der Waals surface area contributed by atoms with E-state index in [1.807, 2.05) is 26.0 Å². The molecule has 8 nitrogen and oxygen atoms in total. The van der Waals surface area contributed by atoms with Gasteiger partial charge in [0.05, 0.1) is 23.1 Å². The predicted octanol–water partition coefficient (Wildman–Crippen LogP) is 2.27. The summed E-state index contributed by atoms with van der Waals surface area (Å²) in [4.78, 5) is 14.9. The fourth-order valence-corrected chi connectivity index (χ4v) is 4.02. The lowest BCUT2D eigenvalue weighted by molar-refractivity contribution is 0.0671. The molecule has 1 atom stereocenters. The molecule has 9 heteroatoms. The quantitative estimate of drug-likeness (QED) is 0.736. The zero-order valence-electron chi connectivity index (χ0n) is 17.0. The van der Waals surface area contributed by atoms with Crippen molar-refractivity contribution in [1.29, 1.82) is 0 Å². The summed E-state index contributed by atoms with van der Waals surface area (Å²) in [5.74, 6) is 1.19. The zero-order chi connectivity index (χ0) is 21.0. The van der Waals surface area contributed by atoms with Gasteiger partial charge in [0.1, 0.15) is 18.1 Å². The molecular weight excluding hydrogens is 394 g/mol. The van der Waals surface area contributed by atoms with Crippen LogP contribution in [0.3, 0.4) is 0 Å². The predicted molar refractivity (Wildman–Crippen MR) is 108 cm³/mol. The van der Waals surface area contributed by atoms with E-state index in [2.05, 4.69) is 9.88 Å². The molecule has 1 fully saturated rings. The van der Waals surface area contributed by atoms with Gasteiger partial charge in [-0.15, -0.1) is 0 Å². The lowest BCUT2D eigenvalue weighted by Crippen LogP contribution is -2.43. The van der Waals surface area contributed by atoms with Crippen LogP contribution < -0.4 is 9.46 Å². The lowest BCUT2D eigenvalue weighted by Gasteiger charge is -2.33. The molecule has 2 aromatic rings. The summed E-state index contributed by atoms with van der Waals surface area (Å²) in [6.45, 7) is 5.45. The minimum atomic E-state index is -3.24. The van der Waals surface area contributed by atoms with Crippen LogP contribution in [0.1, 0.15) is 40.2 Å². The van der Waals surface area contributed by atoms with Gasteiger partial charge in [0, 0.05) is 19.6 Å². The van der Waals surface area contributed by atoms with Crippen LogP contribution in [0.2, 0.25) is 0 Å². The third-order valence-electron chi connectivity index (χ3n) is 5.11. The monoisotopic (exact) mass is 421 g/mol. The molecule has 1 amide bonds. The van der Waals surface area contributed by atoms with Crippen LogP contribution in [0.25, 0.3) is 0 Å². The third kappa shape index (κ3) is 5.57. The molecule has 3 rings (SSSR count). The van der Waals surface area contributed by atoms with Crippen LogP contribution >= 0.6 is 0 Å². The van der Waals surface area contributed by atoms with Crippen LogP contribution in [0.4, 0.5) is 0 Å². The summed E-state index contributed by atoms with van der Waals surface area (Å²) in [6, 6.07) is 7.17. The molecule has 1 aromatic heterocycles. The number of nitrogens with one attached hydrogen (secondary N) is 1. The van der Waals surface area contributed by atoms with Crippen molar-refractivity contribution in [3.63, 3.8) is 0 Å². The summed E-state index contributed by atoms with van der Waals surface area (Å²) in [5.41, 5.74) is 2.14. The molecule has 0 aliphatic carbocycles. The lowest BCUT2D eigenvalue weighted by atomic mass is 9.97. The number of amides is 1. The van der Waals surface area contributed by atoms with Gasteiger partial charge < -0.3 is 14.2 Å². The molecule has 1 aliphatic heterocycles. The highest BCUT2D eigenvalue weighted by Gasteiger charge is 2.27. The van der Waals surface area contributed by atoms with Crippen LogP contribution in [-0.2, 0) is 16.6 Å². The van der Waals surface area contributed by atoms with Crippen molar-refractivity contribution in [3.8, 4) is 5.75 Å². The smallest absolute Gasteiger partial charge is 0.257 e. The van der Waals surface area contributed by atoms with E-state index in [0.717, 1.165) is 30.4 Å². The first-order valence-electron chi connectivity index (χ1n) is 9.62. The summed E-state index contributed by atoms with van der Waals surface area (Å²) in [7, 11) is -3.24. The van der Waals surface area contributed by atoms with Gasteiger partial charge in [0.15, 0.2) is 0 Å². The standard InChI is InChI=1S/C20H27N3O5S/c1-14-18(15(2)28-22-14)13-27-19-9-5-4-8-17(19)20(24)23-10-6-7-16(12-23)11-21-29(3,25)26/h4-5,8-9,16,21H,6-7,10-13H2,1-3H3/t16-/m1/s1. The first-order chi connectivity index (χ1) is 13.7. The second-order valence-corrected chi connectivity index (χ2v) is 9.30. The Hall–Kier alpha value is -2.39. The van der Waals surface area contributed by atoms with E-state index in [1.54, 1.807) is 17.0 Å². The van der Waals surface area contributed by atoms with Crippen molar-refractivity contribution in [1.82, 2.24) is 14.8 Å². The molecular formula is C20H27N3O5S. The number of hydrogen-bond acceptors (Lipinski definition) is 6. The van der Waals surface area contributed by atoms with Crippen molar-refractivity contribution in [2.24, 2.45) is 5.92 Å². The highest BCUT2D eigenvalue weighted by atomic mass is 32.2. The van der Waals surface area contributed by atoms with Gasteiger partial charge in [0.2, 0.25) is 10.0 Å². The summed E-state index contributed by atoms with van der Waals surface area (Å²) in [5, 5.41) is 3.92. The van der Waals surface area contributed by atoms with E-state index < -0.39 is 10.0 Å². The summed E-state index contributed by atoms with van der Waals surface area (Å²) < 4.78 is 36.3. The number of nitrogens with zero attached hydrogens (tertiary/aromatic N) is 2. The Morgan fingerprint density at radius 3 is 2.79 bits per heavy atom. The van der Waals surface area contributed by atoms with Crippen molar-refractivity contribution < 1.29 is 22.5 Å². The number of aromatic nitrogens is 1. The van der Waals surface area contributed by atoms with Crippen LogP contribution in [0, 0.1) is 19.8 Å². The maximum Gasteiger partial charge on any atom is 0.257 e. The number of sulfonamides is 1. The van der Waals surface area contributed by atoms with Crippen molar-refractivity contribution in [3.05, 3.63) is 46.8 Å². The number of benzene rings is 1. The van der Waals surface area contributed by atoms with Gasteiger partial charge >= 0.3 is 0 Å². The van der Waals surface area contributed by atoms with Gasteiger partial charge in [-0.05, 0) is 44.7 Å². The molecule has 0 bridgehead atoms. The molecule has 1 aliphatic rings. The van der Waals surface area contributed by atoms with Gasteiger partial charge in [-0.2, -0.15) is 0 Å². The first-order valence-corrected chi connectivity index (χ1v) is 11.5. The van der Waals surface area contributed by atoms with Gasteiger partial charge in [-0.1, -0.05) is 17.3 Å². The third-order valence-corrected chi connectivity index (χ3v) is 5.80. The highest BCUT2D eigenvalue weighted by molar-refractivity contribution is 7.88.